The predicted molar refractivity (Wildman–Crippen MR) is 183 cm³/mol. The van der Waals surface area contributed by atoms with E-state index in [0.29, 0.717) is 44.8 Å². The molecule has 8 rings (SSSR count). The van der Waals surface area contributed by atoms with Gasteiger partial charge >= 0.3 is 5.76 Å². The molecule has 1 N–H and O–H groups in total. The van der Waals surface area contributed by atoms with Gasteiger partial charge in [0, 0.05) is 55.4 Å². The maximum Gasteiger partial charge on any atom is 0.437 e. The molecule has 1 atom stereocenters. The van der Waals surface area contributed by atoms with Crippen molar-refractivity contribution in [2.24, 2.45) is 12.5 Å². The van der Waals surface area contributed by atoms with E-state index >= 15 is 0 Å². The molecule has 5 heterocycles. The van der Waals surface area contributed by atoms with Crippen LogP contribution in [0.25, 0.3) is 39.2 Å². The molecule has 2 amide bonds. The molecule has 12 nitrogen and oxygen atoms in total. The summed E-state index contributed by atoms with van der Waals surface area (Å²) >= 11 is 0. The Balaban J connectivity index is 0.897. The lowest BCUT2D eigenvalue weighted by molar-refractivity contribution is -0.132. The normalized spacial score (nSPS) is 19.6. The van der Waals surface area contributed by atoms with E-state index in [1.54, 1.807) is 13.1 Å². The van der Waals surface area contributed by atoms with E-state index in [0.717, 1.165) is 58.2 Å². The van der Waals surface area contributed by atoms with Crippen molar-refractivity contribution in [2.75, 3.05) is 44.2 Å². The third-order valence-electron chi connectivity index (χ3n) is 10.2. The molecule has 1 unspecified atom stereocenters. The largest absolute Gasteiger partial charge is 0.437 e. The number of hydrogen-bond acceptors (Lipinski definition) is 8. The van der Waals surface area contributed by atoms with E-state index in [1.165, 1.54) is 10.3 Å². The molecule has 2 aromatic heterocycles. The second-order valence-corrected chi connectivity index (χ2v) is 13.1. The summed E-state index contributed by atoms with van der Waals surface area (Å²) in [6.07, 6.45) is 4.33. The van der Waals surface area contributed by atoms with Gasteiger partial charge in [-0.15, -0.1) is 5.10 Å². The molecule has 0 bridgehead atoms. The molecule has 3 aromatic carbocycles. The van der Waals surface area contributed by atoms with Crippen molar-refractivity contribution in [3.8, 4) is 28.8 Å². The van der Waals surface area contributed by atoms with Crippen LogP contribution < -0.4 is 10.7 Å². The van der Waals surface area contributed by atoms with Crippen LogP contribution in [-0.2, 0) is 16.6 Å². The quantitative estimate of drug-likeness (QED) is 0.287. The van der Waals surface area contributed by atoms with Crippen molar-refractivity contribution in [1.82, 2.24) is 29.8 Å². The van der Waals surface area contributed by atoms with Crippen LogP contribution in [0.4, 0.5) is 5.69 Å². The second-order valence-electron chi connectivity index (χ2n) is 13.1. The van der Waals surface area contributed by atoms with Gasteiger partial charge in [-0.05, 0) is 79.4 Å². The van der Waals surface area contributed by atoms with Gasteiger partial charge in [-0.3, -0.25) is 19.6 Å². The second kappa shape index (κ2) is 12.0. The van der Waals surface area contributed by atoms with Crippen LogP contribution in [0, 0.1) is 16.7 Å². The highest BCUT2D eigenvalue weighted by molar-refractivity contribution is 6.03. The molecule has 246 valence electrons. The molecule has 3 aliphatic rings. The Bertz CT molecular complexity index is 2240. The molecule has 5 aromatic rings. The topological polar surface area (TPSA) is 144 Å². The first-order chi connectivity index (χ1) is 23.8. The summed E-state index contributed by atoms with van der Waals surface area (Å²) in [6.45, 7) is 3.38. The number of aryl methyl sites for hydroxylation is 1. The number of aromatic amines is 1. The third kappa shape index (κ3) is 5.52. The minimum atomic E-state index is -0.501. The summed E-state index contributed by atoms with van der Waals surface area (Å²) in [5, 5.41) is 21.9. The molecule has 12 heteroatoms. The van der Waals surface area contributed by atoms with Crippen molar-refractivity contribution in [2.45, 2.75) is 19.3 Å². The molecule has 3 aliphatic heterocycles. The zero-order valence-electron chi connectivity index (χ0n) is 27.1. The van der Waals surface area contributed by atoms with Crippen molar-refractivity contribution in [3.05, 3.63) is 94.5 Å². The van der Waals surface area contributed by atoms with E-state index in [2.05, 4.69) is 32.3 Å². The smallest absolute Gasteiger partial charge is 0.388 e. The van der Waals surface area contributed by atoms with Gasteiger partial charge in [0.15, 0.2) is 0 Å². The van der Waals surface area contributed by atoms with Crippen molar-refractivity contribution < 1.29 is 14.0 Å². The highest BCUT2D eigenvalue weighted by atomic mass is 16.4. The van der Waals surface area contributed by atoms with Gasteiger partial charge in [-0.2, -0.15) is 15.0 Å². The van der Waals surface area contributed by atoms with Gasteiger partial charge in [0.05, 0.1) is 29.1 Å². The van der Waals surface area contributed by atoms with E-state index in [1.807, 2.05) is 70.5 Å². The van der Waals surface area contributed by atoms with Crippen LogP contribution in [0.3, 0.4) is 0 Å². The molecule has 2 saturated heterocycles. The van der Waals surface area contributed by atoms with Crippen LogP contribution in [0.1, 0.15) is 30.4 Å². The van der Waals surface area contributed by atoms with E-state index in [-0.39, 0.29) is 17.7 Å². The summed E-state index contributed by atoms with van der Waals surface area (Å²) < 4.78 is 6.35. The number of anilines is 1. The number of aromatic nitrogens is 4. The number of rotatable bonds is 6. The Morgan fingerprint density at radius 2 is 1.82 bits per heavy atom. The van der Waals surface area contributed by atoms with Crippen LogP contribution in [-0.4, -0.2) is 80.9 Å². The molecule has 2 fully saturated rings. The highest BCUT2D eigenvalue weighted by Gasteiger charge is 2.51. The number of nitrogens with one attached hydrogen (secondary N) is 1. The molecule has 0 radical (unpaired) electrons. The molecule has 1 spiro atoms. The van der Waals surface area contributed by atoms with Gasteiger partial charge in [0.2, 0.25) is 17.7 Å². The van der Waals surface area contributed by atoms with E-state index in [9.17, 15) is 19.6 Å². The molecule has 49 heavy (non-hydrogen) atoms. The molecular formula is C37H34N8O4. The zero-order valence-corrected chi connectivity index (χ0v) is 27.1. The van der Waals surface area contributed by atoms with Gasteiger partial charge in [0.25, 0.3) is 0 Å². The van der Waals surface area contributed by atoms with Crippen LogP contribution in [0.5, 0.6) is 0 Å². The van der Waals surface area contributed by atoms with Crippen molar-refractivity contribution in [1.29, 1.82) is 5.26 Å². The fourth-order valence-electron chi connectivity index (χ4n) is 7.40. The Morgan fingerprint density at radius 3 is 2.57 bits per heavy atom. The lowest BCUT2D eigenvalue weighted by atomic mass is 9.85. The lowest BCUT2D eigenvalue weighted by Gasteiger charge is -2.29. The van der Waals surface area contributed by atoms with Gasteiger partial charge in [-0.25, -0.2) is 4.79 Å². The van der Waals surface area contributed by atoms with Crippen LogP contribution in [0.15, 0.2) is 82.0 Å². The molecule has 0 aliphatic carbocycles. The predicted octanol–water partition coefficient (Wildman–Crippen LogP) is 4.20. The number of hydrogen-bond donors (Lipinski definition) is 1. The van der Waals surface area contributed by atoms with Gasteiger partial charge in [-0.1, -0.05) is 30.3 Å². The number of nitriles is 1. The fraction of sp³-hybridized carbons (Fsp3) is 0.297. The summed E-state index contributed by atoms with van der Waals surface area (Å²) in [6, 6.07) is 23.2. The number of amides is 2. The highest BCUT2D eigenvalue weighted by Crippen LogP contribution is 2.43. The first-order valence-corrected chi connectivity index (χ1v) is 16.4. The maximum atomic E-state index is 14.0. The summed E-state index contributed by atoms with van der Waals surface area (Å²) in [4.78, 5) is 44.9. The number of nitrogens with zero attached hydrogens (tertiary/aromatic N) is 7. The molecular weight excluding hydrogens is 620 g/mol. The van der Waals surface area contributed by atoms with E-state index < -0.39 is 11.2 Å². The van der Waals surface area contributed by atoms with Gasteiger partial charge in [0.1, 0.15) is 5.69 Å². The van der Waals surface area contributed by atoms with Crippen molar-refractivity contribution >= 4 is 34.0 Å². The number of fused-ring (bicyclic) bond motifs is 1. The number of H-pyrrole nitrogens is 1. The first kappa shape index (κ1) is 30.5. The number of carbonyl (C=O) groups excluding carboxylic acids is 2. The number of likely N-dealkylation sites (tertiary alicyclic amines) is 1. The summed E-state index contributed by atoms with van der Waals surface area (Å²) in [7, 11) is 1.55. The standard InChI is InChI=1S/C37H34N8O4/c1-42-36(48)49-34(41-42)27-7-5-25(6-8-27)26-11-15-44(16-12-26)32(46)22-43-17-13-37(23-43)14-18-45(35(37)47)29-9-10-31-30(20-29)33(40-39-31)28-4-2-3-24(19-28)21-38/h2-11,19-20H,12-18,22-23H2,1H3,(H,39,40). The monoisotopic (exact) mass is 654 g/mol. The zero-order chi connectivity index (χ0) is 33.7. The van der Waals surface area contributed by atoms with Crippen LogP contribution >= 0.6 is 0 Å². The Kier molecular flexibility index (Phi) is 7.49. The third-order valence-corrected chi connectivity index (χ3v) is 10.2. The Labute approximate surface area is 281 Å². The molecule has 0 saturated carbocycles. The minimum absolute atomic E-state index is 0.0774. The SMILES string of the molecule is Cn1nc(-c2ccc(C3=CCN(C(=O)CN4CCC5(CCN(c6ccc7[nH]nc(-c8cccc(C#N)c8)c7c6)C5=O)C4)CC3)cc2)oc1=O. The fourth-order valence-corrected chi connectivity index (χ4v) is 7.40. The van der Waals surface area contributed by atoms with Crippen LogP contribution in [0.2, 0.25) is 0 Å². The summed E-state index contributed by atoms with van der Waals surface area (Å²) in [5.41, 5.74) is 6.32. The number of benzene rings is 3. The average molecular weight is 655 g/mol. The number of carbonyl (C=O) groups is 2. The van der Waals surface area contributed by atoms with Crippen molar-refractivity contribution in [3.63, 3.8) is 0 Å². The van der Waals surface area contributed by atoms with E-state index in [4.69, 9.17) is 4.42 Å². The summed E-state index contributed by atoms with van der Waals surface area (Å²) in [5.74, 6) is -0.0263. The average Bonchev–Trinajstić information content (AvgIpc) is 3.91. The lowest BCUT2D eigenvalue weighted by Crippen LogP contribution is -2.43. The van der Waals surface area contributed by atoms with Gasteiger partial charge < -0.3 is 14.2 Å². The minimum Gasteiger partial charge on any atom is -0.388 e. The Morgan fingerprint density at radius 1 is 1.00 bits per heavy atom. The Hall–Kier alpha value is -5.80. The first-order valence-electron chi connectivity index (χ1n) is 16.4. The maximum absolute atomic E-state index is 14.0.